The van der Waals surface area contributed by atoms with Gasteiger partial charge in [-0.25, -0.2) is 4.79 Å². The van der Waals surface area contributed by atoms with Gasteiger partial charge in [0.25, 0.3) is 0 Å². The van der Waals surface area contributed by atoms with E-state index in [0.717, 1.165) is 22.6 Å². The van der Waals surface area contributed by atoms with Crippen molar-refractivity contribution in [1.29, 1.82) is 0 Å². The molecule has 5 heteroatoms. The maximum Gasteiger partial charge on any atom is 0.315 e. The van der Waals surface area contributed by atoms with Crippen LogP contribution in [-0.4, -0.2) is 20.3 Å². The van der Waals surface area contributed by atoms with Crippen LogP contribution in [0.4, 0.5) is 4.79 Å². The normalized spacial score (nSPS) is 11.4. The highest BCUT2D eigenvalue weighted by Gasteiger charge is 2.09. The van der Waals surface area contributed by atoms with Crippen molar-refractivity contribution in [1.82, 2.24) is 10.6 Å². The number of hydrogen-bond acceptors (Lipinski definition) is 3. The summed E-state index contributed by atoms with van der Waals surface area (Å²) >= 11 is 0. The summed E-state index contributed by atoms with van der Waals surface area (Å²) in [5.74, 6) is 1.59. The molecule has 0 saturated carbocycles. The summed E-state index contributed by atoms with van der Waals surface area (Å²) in [5, 5.41) is 5.75. The molecule has 0 bridgehead atoms. The third-order valence-corrected chi connectivity index (χ3v) is 3.58. The number of ether oxygens (including phenoxy) is 2. The smallest absolute Gasteiger partial charge is 0.315 e. The number of carbonyl (C=O) groups is 1. The predicted octanol–water partition coefficient (Wildman–Crippen LogP) is 3.26. The second-order valence-corrected chi connectivity index (χ2v) is 5.17. The van der Waals surface area contributed by atoms with Crippen LogP contribution in [0.15, 0.2) is 48.5 Å². The molecule has 0 heterocycles. The SMILES string of the molecule is COc1ccc(CNC(=O)NC(C)c2ccc(OC)cc2)cc1. The minimum atomic E-state index is -0.205. The second kappa shape index (κ2) is 8.08. The lowest BCUT2D eigenvalue weighted by Gasteiger charge is -2.15. The lowest BCUT2D eigenvalue weighted by molar-refractivity contribution is 0.237. The van der Waals surface area contributed by atoms with Gasteiger partial charge in [-0.3, -0.25) is 0 Å². The highest BCUT2D eigenvalue weighted by molar-refractivity contribution is 5.74. The average molecular weight is 314 g/mol. The highest BCUT2D eigenvalue weighted by Crippen LogP contribution is 2.17. The Kier molecular flexibility index (Phi) is 5.86. The fraction of sp³-hybridized carbons (Fsp3) is 0.278. The molecule has 0 fully saturated rings. The molecule has 2 aromatic rings. The van der Waals surface area contributed by atoms with E-state index in [1.54, 1.807) is 14.2 Å². The van der Waals surface area contributed by atoms with E-state index in [-0.39, 0.29) is 12.1 Å². The zero-order chi connectivity index (χ0) is 16.7. The molecular weight excluding hydrogens is 292 g/mol. The Labute approximate surface area is 136 Å². The van der Waals surface area contributed by atoms with Crippen LogP contribution in [-0.2, 0) is 6.54 Å². The van der Waals surface area contributed by atoms with Gasteiger partial charge in [-0.2, -0.15) is 0 Å². The molecule has 1 unspecified atom stereocenters. The van der Waals surface area contributed by atoms with Gasteiger partial charge in [0.2, 0.25) is 0 Å². The van der Waals surface area contributed by atoms with Crippen molar-refractivity contribution in [3.63, 3.8) is 0 Å². The summed E-state index contributed by atoms with van der Waals surface area (Å²) in [6.45, 7) is 2.40. The van der Waals surface area contributed by atoms with E-state index in [2.05, 4.69) is 10.6 Å². The minimum Gasteiger partial charge on any atom is -0.497 e. The van der Waals surface area contributed by atoms with E-state index in [1.165, 1.54) is 0 Å². The molecule has 2 amide bonds. The predicted molar refractivity (Wildman–Crippen MR) is 89.8 cm³/mol. The van der Waals surface area contributed by atoms with Gasteiger partial charge in [-0.1, -0.05) is 24.3 Å². The molecule has 0 aliphatic rings. The first-order valence-electron chi connectivity index (χ1n) is 7.43. The van der Waals surface area contributed by atoms with Crippen molar-refractivity contribution in [2.75, 3.05) is 14.2 Å². The summed E-state index contributed by atoms with van der Waals surface area (Å²) in [6.07, 6.45) is 0. The molecule has 1 atom stereocenters. The maximum atomic E-state index is 12.0. The van der Waals surface area contributed by atoms with E-state index in [1.807, 2.05) is 55.5 Å². The monoisotopic (exact) mass is 314 g/mol. The van der Waals surface area contributed by atoms with E-state index in [9.17, 15) is 4.79 Å². The van der Waals surface area contributed by atoms with Gasteiger partial charge in [0.15, 0.2) is 0 Å². The fourth-order valence-corrected chi connectivity index (χ4v) is 2.15. The Morgan fingerprint density at radius 1 is 0.957 bits per heavy atom. The first-order valence-corrected chi connectivity index (χ1v) is 7.43. The van der Waals surface area contributed by atoms with E-state index in [4.69, 9.17) is 9.47 Å². The van der Waals surface area contributed by atoms with Gasteiger partial charge >= 0.3 is 6.03 Å². The van der Waals surface area contributed by atoms with Crippen LogP contribution in [0, 0.1) is 0 Å². The molecule has 0 aliphatic heterocycles. The Morgan fingerprint density at radius 2 is 1.48 bits per heavy atom. The molecule has 0 spiro atoms. The molecule has 0 saturated heterocycles. The molecule has 5 nitrogen and oxygen atoms in total. The summed E-state index contributed by atoms with van der Waals surface area (Å²) in [7, 11) is 3.25. The number of hydrogen-bond donors (Lipinski definition) is 2. The van der Waals surface area contributed by atoms with Gasteiger partial charge < -0.3 is 20.1 Å². The lowest BCUT2D eigenvalue weighted by atomic mass is 10.1. The summed E-state index contributed by atoms with van der Waals surface area (Å²) in [4.78, 5) is 12.0. The molecule has 2 rings (SSSR count). The van der Waals surface area contributed by atoms with Crippen LogP contribution in [0.1, 0.15) is 24.1 Å². The third kappa shape index (κ3) is 4.92. The lowest BCUT2D eigenvalue weighted by Crippen LogP contribution is -2.36. The van der Waals surface area contributed by atoms with Crippen molar-refractivity contribution >= 4 is 6.03 Å². The fourth-order valence-electron chi connectivity index (χ4n) is 2.15. The third-order valence-electron chi connectivity index (χ3n) is 3.58. The highest BCUT2D eigenvalue weighted by atomic mass is 16.5. The Bertz CT molecular complexity index is 624. The van der Waals surface area contributed by atoms with Crippen molar-refractivity contribution in [3.05, 3.63) is 59.7 Å². The molecule has 2 N–H and O–H groups in total. The molecule has 0 aliphatic carbocycles. The quantitative estimate of drug-likeness (QED) is 0.860. The Balaban J connectivity index is 1.83. The zero-order valence-corrected chi connectivity index (χ0v) is 13.6. The minimum absolute atomic E-state index is 0.0863. The number of benzene rings is 2. The van der Waals surface area contributed by atoms with E-state index in [0.29, 0.717) is 6.54 Å². The van der Waals surface area contributed by atoms with Crippen LogP contribution in [0.3, 0.4) is 0 Å². The van der Waals surface area contributed by atoms with Crippen LogP contribution in [0.5, 0.6) is 11.5 Å². The standard InChI is InChI=1S/C18H22N2O3/c1-13(15-6-10-17(23-3)11-7-15)20-18(21)19-12-14-4-8-16(22-2)9-5-14/h4-11,13H,12H2,1-3H3,(H2,19,20,21). The van der Waals surface area contributed by atoms with Crippen LogP contribution >= 0.6 is 0 Å². The first kappa shape index (κ1) is 16.7. The average Bonchev–Trinajstić information content (AvgIpc) is 2.60. The molecule has 23 heavy (non-hydrogen) atoms. The van der Waals surface area contributed by atoms with Gasteiger partial charge in [0.1, 0.15) is 11.5 Å². The Hall–Kier alpha value is -2.69. The molecular formula is C18H22N2O3. The van der Waals surface area contributed by atoms with Crippen molar-refractivity contribution in [3.8, 4) is 11.5 Å². The molecule has 122 valence electrons. The van der Waals surface area contributed by atoms with Gasteiger partial charge in [0, 0.05) is 6.54 Å². The summed E-state index contributed by atoms with van der Waals surface area (Å²) in [6, 6.07) is 14.9. The van der Waals surface area contributed by atoms with Gasteiger partial charge in [0.05, 0.1) is 20.3 Å². The van der Waals surface area contributed by atoms with Crippen LogP contribution < -0.4 is 20.1 Å². The number of carbonyl (C=O) groups excluding carboxylic acids is 1. The van der Waals surface area contributed by atoms with Crippen molar-refractivity contribution < 1.29 is 14.3 Å². The summed E-state index contributed by atoms with van der Waals surface area (Å²) in [5.41, 5.74) is 2.03. The largest absolute Gasteiger partial charge is 0.497 e. The van der Waals surface area contributed by atoms with E-state index >= 15 is 0 Å². The van der Waals surface area contributed by atoms with Crippen LogP contribution in [0.25, 0.3) is 0 Å². The number of rotatable bonds is 6. The summed E-state index contributed by atoms with van der Waals surface area (Å²) < 4.78 is 10.2. The first-order chi connectivity index (χ1) is 11.1. The number of amides is 2. The topological polar surface area (TPSA) is 59.6 Å². The zero-order valence-electron chi connectivity index (χ0n) is 13.6. The Morgan fingerprint density at radius 3 is 2.00 bits per heavy atom. The molecule has 0 radical (unpaired) electrons. The van der Waals surface area contributed by atoms with Crippen molar-refractivity contribution in [2.45, 2.75) is 19.5 Å². The van der Waals surface area contributed by atoms with Crippen molar-refractivity contribution in [2.24, 2.45) is 0 Å². The second-order valence-electron chi connectivity index (χ2n) is 5.17. The number of methoxy groups -OCH3 is 2. The number of nitrogens with one attached hydrogen (secondary N) is 2. The van der Waals surface area contributed by atoms with Crippen LogP contribution in [0.2, 0.25) is 0 Å². The number of urea groups is 1. The molecule has 0 aromatic heterocycles. The maximum absolute atomic E-state index is 12.0. The van der Waals surface area contributed by atoms with E-state index < -0.39 is 0 Å². The van der Waals surface area contributed by atoms with Gasteiger partial charge in [-0.05, 0) is 42.3 Å². The van der Waals surface area contributed by atoms with Gasteiger partial charge in [-0.15, -0.1) is 0 Å². The molecule has 2 aromatic carbocycles.